The van der Waals surface area contributed by atoms with Gasteiger partial charge in [-0.3, -0.25) is 15.0 Å². The summed E-state index contributed by atoms with van der Waals surface area (Å²) in [5.74, 6) is 0.173. The molecule has 0 aliphatic carbocycles. The van der Waals surface area contributed by atoms with Gasteiger partial charge in [0.25, 0.3) is 11.5 Å². The minimum atomic E-state index is -0.529. The lowest BCUT2D eigenvalue weighted by atomic mass is 10.1. The molecule has 1 amide bonds. The van der Waals surface area contributed by atoms with Crippen LogP contribution in [0, 0.1) is 0 Å². The van der Waals surface area contributed by atoms with Crippen molar-refractivity contribution in [3.63, 3.8) is 0 Å². The summed E-state index contributed by atoms with van der Waals surface area (Å²) in [7, 11) is 3.13. The molecule has 1 N–H and O–H groups in total. The topological polar surface area (TPSA) is 113 Å². The van der Waals surface area contributed by atoms with Crippen molar-refractivity contribution >= 4 is 22.6 Å². The van der Waals surface area contributed by atoms with Crippen LogP contribution in [0.3, 0.4) is 0 Å². The number of methoxy groups -OCH3 is 2. The zero-order valence-corrected chi connectivity index (χ0v) is 18.4. The number of carbonyl (C=O) groups is 1. The number of aromatic nitrogens is 5. The third kappa shape index (κ3) is 3.65. The third-order valence-corrected chi connectivity index (χ3v) is 5.37. The predicted octanol–water partition coefficient (Wildman–Crippen LogP) is 2.65. The Morgan fingerprint density at radius 1 is 1.00 bits per heavy atom. The molecule has 34 heavy (non-hydrogen) atoms. The number of hydrogen-bond acceptors (Lipinski definition) is 7. The second kappa shape index (κ2) is 8.75. The van der Waals surface area contributed by atoms with Crippen LogP contribution in [0.2, 0.25) is 0 Å². The van der Waals surface area contributed by atoms with E-state index in [2.05, 4.69) is 20.7 Å². The number of hydrogen-bond donors (Lipinski definition) is 1. The maximum absolute atomic E-state index is 13.1. The molecule has 10 nitrogen and oxygen atoms in total. The lowest BCUT2D eigenvalue weighted by molar-refractivity contribution is 0.101. The fourth-order valence-electron chi connectivity index (χ4n) is 3.73. The highest BCUT2D eigenvalue weighted by Gasteiger charge is 2.20. The van der Waals surface area contributed by atoms with Crippen LogP contribution in [0.25, 0.3) is 27.8 Å². The minimum absolute atomic E-state index is 0.0658. The molecule has 0 unspecified atom stereocenters. The van der Waals surface area contributed by atoms with E-state index in [0.29, 0.717) is 28.2 Å². The largest absolute Gasteiger partial charge is 0.497 e. The van der Waals surface area contributed by atoms with Crippen LogP contribution >= 0.6 is 0 Å². The maximum Gasteiger partial charge on any atom is 0.299 e. The Labute approximate surface area is 193 Å². The molecule has 170 valence electrons. The highest BCUT2D eigenvalue weighted by atomic mass is 16.5. The average molecular weight is 456 g/mol. The smallest absolute Gasteiger partial charge is 0.299 e. The molecular formula is C24H20N6O4. The average Bonchev–Trinajstić information content (AvgIpc) is 3.25. The second-order valence-corrected chi connectivity index (χ2v) is 7.45. The predicted molar refractivity (Wildman–Crippen MR) is 125 cm³/mol. The summed E-state index contributed by atoms with van der Waals surface area (Å²) < 4.78 is 13.1. The molecule has 3 heterocycles. The van der Waals surface area contributed by atoms with Crippen molar-refractivity contribution in [2.24, 2.45) is 0 Å². The Bertz CT molecular complexity index is 1560. The number of fused-ring (bicyclic) bond motifs is 3. The van der Waals surface area contributed by atoms with Gasteiger partial charge >= 0.3 is 0 Å². The van der Waals surface area contributed by atoms with Gasteiger partial charge in [0, 0.05) is 18.9 Å². The Balaban J connectivity index is 1.58. The van der Waals surface area contributed by atoms with Crippen LogP contribution in [0.5, 0.6) is 5.75 Å². The monoisotopic (exact) mass is 456 g/mol. The third-order valence-electron chi connectivity index (χ3n) is 5.37. The second-order valence-electron chi connectivity index (χ2n) is 7.45. The van der Waals surface area contributed by atoms with Crippen LogP contribution in [0.4, 0.5) is 0 Å². The summed E-state index contributed by atoms with van der Waals surface area (Å²) in [6.07, 6.45) is 1.47. The Hall–Kier alpha value is -4.57. The molecule has 0 radical (unpaired) electrons. The van der Waals surface area contributed by atoms with E-state index in [4.69, 9.17) is 9.47 Å². The first kappa shape index (κ1) is 21.3. The number of carbonyl (C=O) groups excluding carboxylic acids is 1. The van der Waals surface area contributed by atoms with E-state index in [-0.39, 0.29) is 12.1 Å². The number of nitrogens with one attached hydrogen (secondary N) is 1. The summed E-state index contributed by atoms with van der Waals surface area (Å²) in [6, 6.07) is 17.9. The molecule has 5 aromatic rings. The normalized spacial score (nSPS) is 11.1. The van der Waals surface area contributed by atoms with Gasteiger partial charge in [-0.15, -0.1) is 10.2 Å². The van der Waals surface area contributed by atoms with E-state index in [1.54, 1.807) is 49.1 Å². The molecular weight excluding hydrogens is 436 g/mol. The number of pyridine rings is 1. The van der Waals surface area contributed by atoms with Crippen LogP contribution in [0.1, 0.15) is 16.1 Å². The van der Waals surface area contributed by atoms with Crippen LogP contribution < -0.4 is 15.7 Å². The molecule has 0 saturated carbocycles. The van der Waals surface area contributed by atoms with E-state index in [1.807, 2.05) is 30.3 Å². The van der Waals surface area contributed by atoms with Crippen LogP contribution in [-0.4, -0.2) is 44.6 Å². The van der Waals surface area contributed by atoms with Crippen LogP contribution in [-0.2, 0) is 11.3 Å². The fourth-order valence-corrected chi connectivity index (χ4v) is 3.73. The Kier molecular flexibility index (Phi) is 5.48. The van der Waals surface area contributed by atoms with E-state index in [1.165, 1.54) is 6.20 Å². The van der Waals surface area contributed by atoms with Crippen molar-refractivity contribution in [3.05, 3.63) is 88.5 Å². The van der Waals surface area contributed by atoms with Crippen LogP contribution in [0.15, 0.2) is 71.7 Å². The quantitative estimate of drug-likeness (QED) is 0.418. The molecule has 0 saturated heterocycles. The van der Waals surface area contributed by atoms with Crippen molar-refractivity contribution in [2.75, 3.05) is 19.6 Å². The summed E-state index contributed by atoms with van der Waals surface area (Å²) in [4.78, 5) is 25.7. The summed E-state index contributed by atoms with van der Waals surface area (Å²) in [5.41, 5.74) is 5.83. The molecule has 0 bridgehead atoms. The van der Waals surface area contributed by atoms with E-state index >= 15 is 0 Å². The zero-order chi connectivity index (χ0) is 23.7. The van der Waals surface area contributed by atoms with Gasteiger partial charge in [0.2, 0.25) is 0 Å². The Morgan fingerprint density at radius 3 is 2.47 bits per heavy atom. The molecule has 2 aromatic carbocycles. The van der Waals surface area contributed by atoms with Crippen molar-refractivity contribution in [1.82, 2.24) is 24.5 Å². The fraction of sp³-hybridized carbons (Fsp3) is 0.125. The molecule has 5 rings (SSSR count). The number of rotatable bonds is 6. The molecule has 10 heteroatoms. The SMILES string of the molecule is COCc1nn2c(nnc3c(=O)n(NC(=O)c4ccc(OC)cc4)ccc32)c1-c1ccccc1. The maximum atomic E-state index is 13.1. The van der Waals surface area contributed by atoms with Crippen molar-refractivity contribution in [2.45, 2.75) is 6.61 Å². The molecule has 3 aromatic heterocycles. The summed E-state index contributed by atoms with van der Waals surface area (Å²) in [6.45, 7) is 0.268. The summed E-state index contributed by atoms with van der Waals surface area (Å²) in [5, 5.41) is 13.1. The van der Waals surface area contributed by atoms with Crippen molar-refractivity contribution < 1.29 is 14.3 Å². The first-order valence-electron chi connectivity index (χ1n) is 10.4. The standard InChI is InChI=1S/C24H20N6O4/c1-33-14-18-20(15-6-4-3-5-7-15)22-26-25-21-19(30(22)27-18)12-13-29(24(21)32)28-23(31)16-8-10-17(34-2)11-9-16/h3-13H,14H2,1-2H3,(H,28,31). The number of nitrogens with zero attached hydrogens (tertiary/aromatic N) is 5. The lowest BCUT2D eigenvalue weighted by Crippen LogP contribution is -2.33. The molecule has 0 atom stereocenters. The molecule has 0 aliphatic rings. The van der Waals surface area contributed by atoms with E-state index in [9.17, 15) is 9.59 Å². The van der Waals surface area contributed by atoms with Gasteiger partial charge in [0.1, 0.15) is 11.3 Å². The molecule has 0 spiro atoms. The van der Waals surface area contributed by atoms with Gasteiger partial charge in [-0.05, 0) is 35.9 Å². The highest BCUT2D eigenvalue weighted by molar-refractivity contribution is 6.00. The van der Waals surface area contributed by atoms with E-state index < -0.39 is 11.5 Å². The van der Waals surface area contributed by atoms with Gasteiger partial charge in [0.05, 0.1) is 25.0 Å². The summed E-state index contributed by atoms with van der Waals surface area (Å²) >= 11 is 0. The van der Waals surface area contributed by atoms with Gasteiger partial charge in [0.15, 0.2) is 11.2 Å². The number of amides is 1. The zero-order valence-electron chi connectivity index (χ0n) is 18.4. The van der Waals surface area contributed by atoms with Gasteiger partial charge in [-0.25, -0.2) is 9.19 Å². The van der Waals surface area contributed by atoms with Gasteiger partial charge in [-0.2, -0.15) is 5.10 Å². The minimum Gasteiger partial charge on any atom is -0.497 e. The highest BCUT2D eigenvalue weighted by Crippen LogP contribution is 2.28. The molecule has 0 fully saturated rings. The Morgan fingerprint density at radius 2 is 1.76 bits per heavy atom. The number of benzene rings is 2. The van der Waals surface area contributed by atoms with E-state index in [0.717, 1.165) is 15.8 Å². The van der Waals surface area contributed by atoms with Gasteiger partial charge < -0.3 is 9.47 Å². The van der Waals surface area contributed by atoms with Crippen molar-refractivity contribution in [3.8, 4) is 16.9 Å². The first-order chi connectivity index (χ1) is 16.6. The van der Waals surface area contributed by atoms with Gasteiger partial charge in [-0.1, -0.05) is 30.3 Å². The van der Waals surface area contributed by atoms with Crippen molar-refractivity contribution in [1.29, 1.82) is 0 Å². The first-order valence-corrected chi connectivity index (χ1v) is 10.4. The molecule has 0 aliphatic heterocycles. The lowest BCUT2D eigenvalue weighted by Gasteiger charge is -2.09. The number of ether oxygens (including phenoxy) is 2.